The van der Waals surface area contributed by atoms with Crippen molar-refractivity contribution in [1.82, 2.24) is 4.98 Å². The molecule has 0 amide bonds. The van der Waals surface area contributed by atoms with Crippen molar-refractivity contribution >= 4 is 11.5 Å². The summed E-state index contributed by atoms with van der Waals surface area (Å²) >= 11 is 0. The molecule has 1 N–H and O–H groups in total. The van der Waals surface area contributed by atoms with Gasteiger partial charge in [0.25, 0.3) is 5.69 Å². The van der Waals surface area contributed by atoms with E-state index in [4.69, 9.17) is 0 Å². The number of hydrogen-bond donors (Lipinski definition) is 1. The second-order valence-electron chi connectivity index (χ2n) is 4.93. The summed E-state index contributed by atoms with van der Waals surface area (Å²) in [5.74, 6) is 0.333. The van der Waals surface area contributed by atoms with E-state index in [1.165, 1.54) is 18.2 Å². The van der Waals surface area contributed by atoms with Gasteiger partial charge in [-0.25, -0.2) is 9.37 Å². The maximum Gasteiger partial charge on any atom is 0.290 e. The predicted octanol–water partition coefficient (Wildman–Crippen LogP) is 3.48. The topological polar surface area (TPSA) is 68.1 Å². The van der Waals surface area contributed by atoms with Crippen molar-refractivity contribution in [2.75, 3.05) is 5.32 Å². The summed E-state index contributed by atoms with van der Waals surface area (Å²) in [6.07, 6.45) is 0.706. The van der Waals surface area contributed by atoms with Gasteiger partial charge in [-0.2, -0.15) is 0 Å². The number of anilines is 1. The molecule has 0 aliphatic heterocycles. The summed E-state index contributed by atoms with van der Waals surface area (Å²) in [6.45, 7) is 3.58. The van der Waals surface area contributed by atoms with Gasteiger partial charge in [0.15, 0.2) is 0 Å². The number of nitrogens with one attached hydrogen (secondary N) is 1. The molecule has 110 valence electrons. The molecule has 6 heteroatoms. The summed E-state index contributed by atoms with van der Waals surface area (Å²) in [6, 6.07) is 9.43. The Morgan fingerprint density at radius 2 is 1.95 bits per heavy atom. The lowest BCUT2D eigenvalue weighted by atomic mass is 10.1. The Morgan fingerprint density at radius 1 is 1.29 bits per heavy atom. The Hall–Kier alpha value is -2.50. The summed E-state index contributed by atoms with van der Waals surface area (Å²) in [7, 11) is 0. The average molecular weight is 289 g/mol. The summed E-state index contributed by atoms with van der Waals surface area (Å²) in [5, 5.41) is 13.9. The lowest BCUT2D eigenvalue weighted by molar-refractivity contribution is -0.385. The third-order valence-electron chi connectivity index (χ3n) is 3.10. The lowest BCUT2D eigenvalue weighted by Crippen LogP contribution is -2.19. The molecule has 0 aliphatic carbocycles. The van der Waals surface area contributed by atoms with Gasteiger partial charge in [-0.1, -0.05) is 12.1 Å². The van der Waals surface area contributed by atoms with Crippen LogP contribution in [0, 0.1) is 22.9 Å². The SMILES string of the molecule is Cc1nc(NC(C)Cc2ccc(F)cc2)ccc1[N+](=O)[O-]. The predicted molar refractivity (Wildman–Crippen MR) is 78.8 cm³/mol. The minimum absolute atomic E-state index is 0.00624. The van der Waals surface area contributed by atoms with Gasteiger partial charge in [-0.3, -0.25) is 10.1 Å². The van der Waals surface area contributed by atoms with Gasteiger partial charge in [-0.05, 0) is 44.0 Å². The maximum absolute atomic E-state index is 12.8. The number of aryl methyl sites for hydroxylation is 1. The van der Waals surface area contributed by atoms with Crippen molar-refractivity contribution in [3.63, 3.8) is 0 Å². The fourth-order valence-electron chi connectivity index (χ4n) is 2.10. The van der Waals surface area contributed by atoms with E-state index in [1.807, 2.05) is 6.92 Å². The van der Waals surface area contributed by atoms with Crippen LogP contribution in [0.4, 0.5) is 15.9 Å². The zero-order chi connectivity index (χ0) is 15.4. The van der Waals surface area contributed by atoms with Gasteiger partial charge in [0.05, 0.1) is 4.92 Å². The molecule has 2 aromatic rings. The van der Waals surface area contributed by atoms with Crippen LogP contribution in [0.5, 0.6) is 0 Å². The average Bonchev–Trinajstić information content (AvgIpc) is 2.41. The highest BCUT2D eigenvalue weighted by Gasteiger charge is 2.12. The molecule has 0 bridgehead atoms. The molecule has 1 aromatic heterocycles. The maximum atomic E-state index is 12.8. The van der Waals surface area contributed by atoms with E-state index in [9.17, 15) is 14.5 Å². The molecule has 1 heterocycles. The minimum atomic E-state index is -0.450. The quantitative estimate of drug-likeness (QED) is 0.676. The van der Waals surface area contributed by atoms with Crippen LogP contribution < -0.4 is 5.32 Å². The van der Waals surface area contributed by atoms with Crippen LogP contribution in [0.1, 0.15) is 18.2 Å². The molecule has 5 nitrogen and oxygen atoms in total. The summed E-state index contributed by atoms with van der Waals surface area (Å²) in [5.41, 5.74) is 1.39. The second kappa shape index (κ2) is 6.30. The smallest absolute Gasteiger partial charge is 0.290 e. The normalized spacial score (nSPS) is 12.0. The van der Waals surface area contributed by atoms with Crippen LogP contribution in [-0.2, 0) is 6.42 Å². The highest BCUT2D eigenvalue weighted by molar-refractivity contribution is 5.45. The molecule has 0 saturated carbocycles. The third kappa shape index (κ3) is 3.98. The minimum Gasteiger partial charge on any atom is -0.367 e. The molecule has 0 saturated heterocycles. The molecule has 1 atom stereocenters. The molecular weight excluding hydrogens is 273 g/mol. The Labute approximate surface area is 122 Å². The third-order valence-corrected chi connectivity index (χ3v) is 3.10. The lowest BCUT2D eigenvalue weighted by Gasteiger charge is -2.15. The van der Waals surface area contributed by atoms with E-state index >= 15 is 0 Å². The number of hydrogen-bond acceptors (Lipinski definition) is 4. The number of rotatable bonds is 5. The highest BCUT2D eigenvalue weighted by atomic mass is 19.1. The Balaban J connectivity index is 2.02. The first-order chi connectivity index (χ1) is 9.95. The van der Waals surface area contributed by atoms with Crippen molar-refractivity contribution in [1.29, 1.82) is 0 Å². The highest BCUT2D eigenvalue weighted by Crippen LogP contribution is 2.18. The van der Waals surface area contributed by atoms with Crippen LogP contribution >= 0.6 is 0 Å². The van der Waals surface area contributed by atoms with Crippen LogP contribution in [0.3, 0.4) is 0 Å². The van der Waals surface area contributed by atoms with Crippen LogP contribution in [0.2, 0.25) is 0 Å². The summed E-state index contributed by atoms with van der Waals surface area (Å²) in [4.78, 5) is 14.5. The van der Waals surface area contributed by atoms with Crippen molar-refractivity contribution < 1.29 is 9.31 Å². The molecule has 0 fully saturated rings. The van der Waals surface area contributed by atoms with E-state index < -0.39 is 4.92 Å². The number of nitrogens with zero attached hydrogens (tertiary/aromatic N) is 2. The van der Waals surface area contributed by atoms with Crippen molar-refractivity contribution in [3.8, 4) is 0 Å². The van der Waals surface area contributed by atoms with Gasteiger partial charge in [0, 0.05) is 12.1 Å². The first kappa shape index (κ1) is 14.9. The zero-order valence-corrected chi connectivity index (χ0v) is 11.8. The molecule has 0 aliphatic rings. The standard InChI is InChI=1S/C15H16FN3O2/c1-10(9-12-3-5-13(16)6-4-12)17-15-8-7-14(19(20)21)11(2)18-15/h3-8,10H,9H2,1-2H3,(H,17,18). The molecule has 21 heavy (non-hydrogen) atoms. The fraction of sp³-hybridized carbons (Fsp3) is 0.267. The first-order valence-electron chi connectivity index (χ1n) is 6.58. The number of benzene rings is 1. The largest absolute Gasteiger partial charge is 0.367 e. The molecule has 2 rings (SSSR count). The van der Waals surface area contributed by atoms with E-state index in [1.54, 1.807) is 25.1 Å². The van der Waals surface area contributed by atoms with Crippen molar-refractivity contribution in [2.45, 2.75) is 26.3 Å². The van der Waals surface area contributed by atoms with Crippen LogP contribution in [0.25, 0.3) is 0 Å². The van der Waals surface area contributed by atoms with Crippen LogP contribution in [0.15, 0.2) is 36.4 Å². The van der Waals surface area contributed by atoms with E-state index in [2.05, 4.69) is 10.3 Å². The second-order valence-corrected chi connectivity index (χ2v) is 4.93. The van der Waals surface area contributed by atoms with Crippen molar-refractivity contribution in [2.24, 2.45) is 0 Å². The van der Waals surface area contributed by atoms with E-state index in [0.717, 1.165) is 5.56 Å². The summed E-state index contributed by atoms with van der Waals surface area (Å²) < 4.78 is 12.8. The number of nitro groups is 1. The molecule has 1 aromatic carbocycles. The fourth-order valence-corrected chi connectivity index (χ4v) is 2.10. The number of pyridine rings is 1. The molecule has 0 radical (unpaired) electrons. The Kier molecular flexibility index (Phi) is 4.47. The van der Waals surface area contributed by atoms with Gasteiger partial charge in [0.1, 0.15) is 17.3 Å². The monoisotopic (exact) mass is 289 g/mol. The van der Waals surface area contributed by atoms with Gasteiger partial charge >= 0.3 is 0 Å². The van der Waals surface area contributed by atoms with Gasteiger partial charge in [0.2, 0.25) is 0 Å². The number of aromatic nitrogens is 1. The van der Waals surface area contributed by atoms with Crippen molar-refractivity contribution in [3.05, 3.63) is 63.6 Å². The molecular formula is C15H16FN3O2. The zero-order valence-electron chi connectivity index (χ0n) is 11.8. The van der Waals surface area contributed by atoms with E-state index in [-0.39, 0.29) is 17.5 Å². The van der Waals surface area contributed by atoms with Gasteiger partial charge < -0.3 is 5.32 Å². The molecule has 0 spiro atoms. The molecule has 1 unspecified atom stereocenters. The van der Waals surface area contributed by atoms with E-state index in [0.29, 0.717) is 17.9 Å². The first-order valence-corrected chi connectivity index (χ1v) is 6.58. The Bertz CT molecular complexity index is 644. The van der Waals surface area contributed by atoms with Crippen LogP contribution in [-0.4, -0.2) is 15.9 Å². The Morgan fingerprint density at radius 3 is 2.52 bits per heavy atom. The number of halogens is 1. The van der Waals surface area contributed by atoms with Gasteiger partial charge in [-0.15, -0.1) is 0 Å².